The maximum absolute atomic E-state index is 13.5. The summed E-state index contributed by atoms with van der Waals surface area (Å²) in [5, 5.41) is 2.92. The zero-order chi connectivity index (χ0) is 22.5. The number of amides is 1. The van der Waals surface area contributed by atoms with Crippen molar-refractivity contribution in [2.45, 2.75) is 59.5 Å². The minimum absolute atomic E-state index is 0.141. The van der Waals surface area contributed by atoms with E-state index in [0.717, 1.165) is 36.2 Å². The fourth-order valence-electron chi connectivity index (χ4n) is 4.25. The Kier molecular flexibility index (Phi) is 7.26. The lowest BCUT2D eigenvalue weighted by Crippen LogP contribution is -2.25. The highest BCUT2D eigenvalue weighted by atomic mass is 19.2. The van der Waals surface area contributed by atoms with Gasteiger partial charge in [-0.1, -0.05) is 64.1 Å². The van der Waals surface area contributed by atoms with Gasteiger partial charge in [0.1, 0.15) is 0 Å². The zero-order valence-electron chi connectivity index (χ0n) is 18.6. The third-order valence-corrected chi connectivity index (χ3v) is 5.61. The standard InChI is InChI=1S/C26H30F2N2O/c1-5-20-23(6-2)30(16-18-10-8-7-9-11-18)25(17(3)4)24(20)26(31)29-15-19-12-13-21(27)22(28)14-19/h7-14,17H,5-6,15-16H2,1-4H3,(H,29,31). The molecule has 0 fully saturated rings. The number of nitrogens with zero attached hydrogens (tertiary/aromatic N) is 1. The number of nitrogens with one attached hydrogen (secondary N) is 1. The van der Waals surface area contributed by atoms with Crippen molar-refractivity contribution in [1.82, 2.24) is 9.88 Å². The van der Waals surface area contributed by atoms with E-state index in [0.29, 0.717) is 17.7 Å². The Bertz CT molecular complexity index is 1060. The Morgan fingerprint density at radius 1 is 0.968 bits per heavy atom. The van der Waals surface area contributed by atoms with E-state index in [1.54, 1.807) is 0 Å². The molecule has 31 heavy (non-hydrogen) atoms. The van der Waals surface area contributed by atoms with Crippen molar-refractivity contribution < 1.29 is 13.6 Å². The third kappa shape index (κ3) is 4.87. The first kappa shape index (κ1) is 22.7. The molecule has 0 aliphatic heterocycles. The Morgan fingerprint density at radius 2 is 1.68 bits per heavy atom. The highest BCUT2D eigenvalue weighted by Gasteiger charge is 2.27. The number of carbonyl (C=O) groups excluding carboxylic acids is 1. The number of aromatic nitrogens is 1. The van der Waals surface area contributed by atoms with E-state index in [1.807, 2.05) is 18.2 Å². The van der Waals surface area contributed by atoms with Gasteiger partial charge in [0.25, 0.3) is 5.91 Å². The van der Waals surface area contributed by atoms with Gasteiger partial charge in [0.05, 0.1) is 5.56 Å². The molecule has 3 aromatic rings. The number of carbonyl (C=O) groups is 1. The van der Waals surface area contributed by atoms with Gasteiger partial charge in [-0.05, 0) is 47.6 Å². The smallest absolute Gasteiger partial charge is 0.253 e. The summed E-state index contributed by atoms with van der Waals surface area (Å²) in [5.41, 5.74) is 5.67. The van der Waals surface area contributed by atoms with Gasteiger partial charge in [-0.25, -0.2) is 8.78 Å². The molecule has 3 rings (SSSR count). The Balaban J connectivity index is 1.99. The molecule has 1 heterocycles. The van der Waals surface area contributed by atoms with Gasteiger partial charge >= 0.3 is 0 Å². The van der Waals surface area contributed by atoms with Crippen LogP contribution in [0.25, 0.3) is 0 Å². The van der Waals surface area contributed by atoms with E-state index in [2.05, 4.69) is 49.7 Å². The maximum atomic E-state index is 13.5. The number of benzene rings is 2. The number of rotatable bonds is 8. The fourth-order valence-corrected chi connectivity index (χ4v) is 4.25. The SMILES string of the molecule is CCc1c(C(=O)NCc2ccc(F)c(F)c2)c(C(C)C)n(Cc2ccccc2)c1CC. The quantitative estimate of drug-likeness (QED) is 0.473. The van der Waals surface area contributed by atoms with E-state index >= 15 is 0 Å². The van der Waals surface area contributed by atoms with Crippen molar-refractivity contribution in [2.75, 3.05) is 0 Å². The zero-order valence-corrected chi connectivity index (χ0v) is 18.6. The van der Waals surface area contributed by atoms with Crippen LogP contribution < -0.4 is 5.32 Å². The van der Waals surface area contributed by atoms with Gasteiger partial charge in [-0.15, -0.1) is 0 Å². The second-order valence-electron chi connectivity index (χ2n) is 8.05. The molecule has 5 heteroatoms. The highest BCUT2D eigenvalue weighted by molar-refractivity contribution is 5.97. The van der Waals surface area contributed by atoms with Crippen LogP contribution in [-0.2, 0) is 25.9 Å². The summed E-state index contributed by atoms with van der Waals surface area (Å²) in [6.07, 6.45) is 1.57. The van der Waals surface area contributed by atoms with Crippen LogP contribution in [0.15, 0.2) is 48.5 Å². The van der Waals surface area contributed by atoms with Crippen molar-refractivity contribution in [3.8, 4) is 0 Å². The predicted octanol–water partition coefficient (Wildman–Crippen LogP) is 5.99. The van der Waals surface area contributed by atoms with Crippen LogP contribution >= 0.6 is 0 Å². The molecule has 0 aliphatic carbocycles. The second-order valence-corrected chi connectivity index (χ2v) is 8.05. The molecule has 1 N–H and O–H groups in total. The van der Waals surface area contributed by atoms with Crippen molar-refractivity contribution in [1.29, 1.82) is 0 Å². The average Bonchev–Trinajstić information content (AvgIpc) is 3.08. The molecule has 0 unspecified atom stereocenters. The summed E-state index contributed by atoms with van der Waals surface area (Å²) in [6, 6.07) is 13.9. The fraction of sp³-hybridized carbons (Fsp3) is 0.346. The first-order valence-electron chi connectivity index (χ1n) is 10.9. The van der Waals surface area contributed by atoms with Gasteiger partial charge in [-0.3, -0.25) is 4.79 Å². The van der Waals surface area contributed by atoms with Gasteiger partial charge in [-0.2, -0.15) is 0 Å². The lowest BCUT2D eigenvalue weighted by molar-refractivity contribution is 0.0948. The molecule has 1 amide bonds. The van der Waals surface area contributed by atoms with Crippen LogP contribution in [0.5, 0.6) is 0 Å². The Labute approximate surface area is 183 Å². The summed E-state index contributed by atoms with van der Waals surface area (Å²) < 4.78 is 29.0. The Hall–Kier alpha value is -2.95. The van der Waals surface area contributed by atoms with Gasteiger partial charge in [0, 0.05) is 24.5 Å². The molecule has 2 aromatic carbocycles. The summed E-state index contributed by atoms with van der Waals surface area (Å²) in [6.45, 7) is 9.23. The van der Waals surface area contributed by atoms with Crippen LogP contribution in [0.3, 0.4) is 0 Å². The molecule has 3 nitrogen and oxygen atoms in total. The molecular formula is C26H30F2N2O. The molecule has 1 aromatic heterocycles. The summed E-state index contributed by atoms with van der Waals surface area (Å²) in [7, 11) is 0. The summed E-state index contributed by atoms with van der Waals surface area (Å²) in [4.78, 5) is 13.3. The van der Waals surface area contributed by atoms with E-state index in [1.165, 1.54) is 17.3 Å². The molecule has 0 aliphatic rings. The molecule has 0 saturated carbocycles. The van der Waals surface area contributed by atoms with Crippen LogP contribution in [-0.4, -0.2) is 10.5 Å². The summed E-state index contributed by atoms with van der Waals surface area (Å²) >= 11 is 0. The lowest BCUT2D eigenvalue weighted by atomic mass is 9.99. The average molecular weight is 425 g/mol. The lowest BCUT2D eigenvalue weighted by Gasteiger charge is -2.17. The largest absolute Gasteiger partial charge is 0.348 e. The van der Waals surface area contributed by atoms with Crippen LogP contribution in [0, 0.1) is 11.6 Å². The number of hydrogen-bond donors (Lipinski definition) is 1. The molecular weight excluding hydrogens is 394 g/mol. The van der Waals surface area contributed by atoms with Crippen LogP contribution in [0.4, 0.5) is 8.78 Å². The van der Waals surface area contributed by atoms with Crippen molar-refractivity contribution in [3.05, 3.63) is 93.8 Å². The van der Waals surface area contributed by atoms with Crippen molar-refractivity contribution in [3.63, 3.8) is 0 Å². The molecule has 0 bridgehead atoms. The normalized spacial score (nSPS) is 11.2. The van der Waals surface area contributed by atoms with E-state index < -0.39 is 11.6 Å². The topological polar surface area (TPSA) is 34.0 Å². The molecule has 0 saturated heterocycles. The minimum atomic E-state index is -0.911. The third-order valence-electron chi connectivity index (χ3n) is 5.61. The summed E-state index contributed by atoms with van der Waals surface area (Å²) in [5.74, 6) is -1.83. The number of halogens is 2. The van der Waals surface area contributed by atoms with Gasteiger partial charge in [0.2, 0.25) is 0 Å². The Morgan fingerprint density at radius 3 is 2.26 bits per heavy atom. The van der Waals surface area contributed by atoms with Gasteiger partial charge < -0.3 is 9.88 Å². The van der Waals surface area contributed by atoms with Crippen LogP contribution in [0.1, 0.15) is 72.0 Å². The molecule has 164 valence electrons. The van der Waals surface area contributed by atoms with E-state index in [9.17, 15) is 13.6 Å². The second kappa shape index (κ2) is 9.90. The highest BCUT2D eigenvalue weighted by Crippen LogP contribution is 2.31. The molecule has 0 radical (unpaired) electrons. The maximum Gasteiger partial charge on any atom is 0.253 e. The van der Waals surface area contributed by atoms with Crippen molar-refractivity contribution in [2.24, 2.45) is 0 Å². The first-order valence-corrected chi connectivity index (χ1v) is 10.9. The monoisotopic (exact) mass is 424 g/mol. The minimum Gasteiger partial charge on any atom is -0.348 e. The van der Waals surface area contributed by atoms with Crippen molar-refractivity contribution >= 4 is 5.91 Å². The predicted molar refractivity (Wildman–Crippen MR) is 120 cm³/mol. The van der Waals surface area contributed by atoms with E-state index in [-0.39, 0.29) is 18.4 Å². The number of hydrogen-bond acceptors (Lipinski definition) is 1. The van der Waals surface area contributed by atoms with Gasteiger partial charge in [0.15, 0.2) is 11.6 Å². The van der Waals surface area contributed by atoms with E-state index in [4.69, 9.17) is 0 Å². The molecule has 0 spiro atoms. The molecule has 0 atom stereocenters. The first-order chi connectivity index (χ1) is 14.9. The van der Waals surface area contributed by atoms with Crippen LogP contribution in [0.2, 0.25) is 0 Å².